The van der Waals surface area contributed by atoms with Crippen molar-refractivity contribution in [1.82, 2.24) is 5.32 Å². The van der Waals surface area contributed by atoms with Crippen LogP contribution in [-0.4, -0.2) is 18.6 Å². The summed E-state index contributed by atoms with van der Waals surface area (Å²) in [5, 5.41) is 3.18. The Labute approximate surface area is 145 Å². The van der Waals surface area contributed by atoms with Crippen molar-refractivity contribution in [1.29, 1.82) is 0 Å². The molecule has 1 heterocycles. The average Bonchev–Trinajstić information content (AvgIpc) is 2.98. The fourth-order valence-corrected chi connectivity index (χ4v) is 3.19. The predicted octanol–water partition coefficient (Wildman–Crippen LogP) is 3.70. The maximum absolute atomic E-state index is 13.7. The number of ether oxygens (including phenoxy) is 1. The van der Waals surface area contributed by atoms with Crippen LogP contribution in [0.2, 0.25) is 5.02 Å². The van der Waals surface area contributed by atoms with Crippen molar-refractivity contribution in [3.8, 4) is 5.75 Å². The lowest BCUT2D eigenvalue weighted by atomic mass is 10.0. The van der Waals surface area contributed by atoms with Gasteiger partial charge in [0.1, 0.15) is 11.6 Å². The monoisotopic (exact) mass is 347 g/mol. The van der Waals surface area contributed by atoms with E-state index in [1.807, 2.05) is 19.1 Å². The first-order chi connectivity index (χ1) is 11.5. The van der Waals surface area contributed by atoms with Gasteiger partial charge in [0.2, 0.25) is 5.91 Å². The quantitative estimate of drug-likeness (QED) is 0.895. The minimum absolute atomic E-state index is 0.0524. The zero-order chi connectivity index (χ0) is 17.1. The van der Waals surface area contributed by atoms with Gasteiger partial charge >= 0.3 is 0 Å². The van der Waals surface area contributed by atoms with Gasteiger partial charge in [0.15, 0.2) is 0 Å². The van der Waals surface area contributed by atoms with Crippen molar-refractivity contribution in [2.75, 3.05) is 6.61 Å². The van der Waals surface area contributed by atoms with Gasteiger partial charge < -0.3 is 10.1 Å². The van der Waals surface area contributed by atoms with E-state index in [1.165, 1.54) is 17.7 Å². The van der Waals surface area contributed by atoms with E-state index >= 15 is 0 Å². The summed E-state index contributed by atoms with van der Waals surface area (Å²) in [5.41, 5.74) is 2.60. The molecule has 0 unspecified atom stereocenters. The number of nitrogens with one attached hydrogen (secondary N) is 1. The predicted molar refractivity (Wildman–Crippen MR) is 92.1 cm³/mol. The number of carbonyl (C=O) groups excluding carboxylic acids is 1. The second-order valence-electron chi connectivity index (χ2n) is 6.09. The molecule has 3 rings (SSSR count). The summed E-state index contributed by atoms with van der Waals surface area (Å²) in [6.45, 7) is 2.67. The van der Waals surface area contributed by atoms with Crippen molar-refractivity contribution in [3.63, 3.8) is 0 Å². The van der Waals surface area contributed by atoms with Gasteiger partial charge in [0, 0.05) is 23.0 Å². The molecule has 0 saturated heterocycles. The summed E-state index contributed by atoms with van der Waals surface area (Å²) in [6, 6.07) is 10.5. The van der Waals surface area contributed by atoms with Gasteiger partial charge in [-0.3, -0.25) is 4.79 Å². The second kappa shape index (κ2) is 7.22. The first-order valence-electron chi connectivity index (χ1n) is 8.00. The highest BCUT2D eigenvalue weighted by atomic mass is 35.5. The molecule has 0 saturated carbocycles. The Bertz CT molecular complexity index is 743. The topological polar surface area (TPSA) is 38.3 Å². The highest BCUT2D eigenvalue weighted by Gasteiger charge is 2.16. The highest BCUT2D eigenvalue weighted by Crippen LogP contribution is 2.26. The maximum atomic E-state index is 13.7. The van der Waals surface area contributed by atoms with E-state index in [1.54, 1.807) is 6.07 Å². The van der Waals surface area contributed by atoms with Gasteiger partial charge in [0.05, 0.1) is 13.0 Å². The van der Waals surface area contributed by atoms with Crippen LogP contribution in [0.4, 0.5) is 4.39 Å². The highest BCUT2D eigenvalue weighted by molar-refractivity contribution is 6.31. The zero-order valence-corrected chi connectivity index (χ0v) is 14.2. The van der Waals surface area contributed by atoms with E-state index in [0.29, 0.717) is 6.42 Å². The Morgan fingerprint density at radius 2 is 2.21 bits per heavy atom. The molecule has 1 aliphatic rings. The molecule has 5 heteroatoms. The van der Waals surface area contributed by atoms with E-state index in [2.05, 4.69) is 11.4 Å². The fraction of sp³-hybridized carbons (Fsp3) is 0.316. The minimum atomic E-state index is -0.455. The maximum Gasteiger partial charge on any atom is 0.224 e. The lowest BCUT2D eigenvalue weighted by Gasteiger charge is -2.15. The van der Waals surface area contributed by atoms with Crippen LogP contribution in [-0.2, 0) is 24.1 Å². The third kappa shape index (κ3) is 3.88. The molecule has 1 N–H and O–H groups in total. The van der Waals surface area contributed by atoms with Gasteiger partial charge in [-0.05, 0) is 42.7 Å². The SMILES string of the molecule is C[C@@H](Cc1ccc2c(c1)CCO2)NC(=O)Cc1c(F)cccc1Cl. The van der Waals surface area contributed by atoms with Crippen molar-refractivity contribution in [2.24, 2.45) is 0 Å². The largest absolute Gasteiger partial charge is 0.493 e. The third-order valence-electron chi connectivity index (χ3n) is 4.10. The van der Waals surface area contributed by atoms with E-state index < -0.39 is 5.82 Å². The molecule has 1 aliphatic heterocycles. The number of rotatable bonds is 5. The van der Waals surface area contributed by atoms with Crippen LogP contribution in [0, 0.1) is 5.82 Å². The van der Waals surface area contributed by atoms with Gasteiger partial charge in [-0.2, -0.15) is 0 Å². The Morgan fingerprint density at radius 3 is 3.00 bits per heavy atom. The second-order valence-corrected chi connectivity index (χ2v) is 6.50. The first-order valence-corrected chi connectivity index (χ1v) is 8.37. The molecule has 2 aromatic rings. The number of halogens is 2. The normalized spacial score (nSPS) is 14.0. The van der Waals surface area contributed by atoms with Crippen molar-refractivity contribution >= 4 is 17.5 Å². The fourth-order valence-electron chi connectivity index (χ4n) is 2.96. The number of amides is 1. The van der Waals surface area contributed by atoms with E-state index in [-0.39, 0.29) is 29.0 Å². The van der Waals surface area contributed by atoms with Gasteiger partial charge in [0.25, 0.3) is 0 Å². The third-order valence-corrected chi connectivity index (χ3v) is 4.46. The molecule has 0 spiro atoms. The van der Waals surface area contributed by atoms with E-state index in [4.69, 9.17) is 16.3 Å². The summed E-state index contributed by atoms with van der Waals surface area (Å²) in [6.07, 6.45) is 1.58. The van der Waals surface area contributed by atoms with Crippen molar-refractivity contribution in [3.05, 3.63) is 63.9 Å². The number of fused-ring (bicyclic) bond motifs is 1. The van der Waals surface area contributed by atoms with Gasteiger partial charge in [-0.15, -0.1) is 0 Å². The van der Waals surface area contributed by atoms with Crippen LogP contribution in [0.15, 0.2) is 36.4 Å². The average molecular weight is 348 g/mol. The standard InChI is InChI=1S/C19H19ClFNO2/c1-12(9-13-5-6-18-14(10-13)7-8-24-18)22-19(23)11-15-16(20)3-2-4-17(15)21/h2-6,10,12H,7-9,11H2,1H3,(H,22,23)/t12-/m0/s1. The summed E-state index contributed by atoms with van der Waals surface area (Å²) in [4.78, 5) is 12.1. The molecule has 0 bridgehead atoms. The summed E-state index contributed by atoms with van der Waals surface area (Å²) >= 11 is 5.96. The molecule has 0 aromatic heterocycles. The summed E-state index contributed by atoms with van der Waals surface area (Å²) < 4.78 is 19.2. The van der Waals surface area contributed by atoms with Crippen LogP contribution in [0.3, 0.4) is 0 Å². The molecule has 0 aliphatic carbocycles. The van der Waals surface area contributed by atoms with E-state index in [0.717, 1.165) is 24.3 Å². The van der Waals surface area contributed by atoms with Crippen LogP contribution in [0.5, 0.6) is 5.75 Å². The molecule has 0 radical (unpaired) electrons. The number of carbonyl (C=O) groups is 1. The minimum Gasteiger partial charge on any atom is -0.493 e. The Hall–Kier alpha value is -2.07. The van der Waals surface area contributed by atoms with Crippen LogP contribution < -0.4 is 10.1 Å². The van der Waals surface area contributed by atoms with Gasteiger partial charge in [-0.25, -0.2) is 4.39 Å². The van der Waals surface area contributed by atoms with Crippen LogP contribution >= 0.6 is 11.6 Å². The zero-order valence-electron chi connectivity index (χ0n) is 13.4. The smallest absolute Gasteiger partial charge is 0.224 e. The molecule has 2 aromatic carbocycles. The number of benzene rings is 2. The first kappa shape index (κ1) is 16.8. The van der Waals surface area contributed by atoms with Crippen molar-refractivity contribution < 1.29 is 13.9 Å². The molecular weight excluding hydrogens is 329 g/mol. The van der Waals surface area contributed by atoms with Crippen molar-refractivity contribution in [2.45, 2.75) is 32.2 Å². The lowest BCUT2D eigenvalue weighted by Crippen LogP contribution is -2.35. The molecule has 1 amide bonds. The molecule has 24 heavy (non-hydrogen) atoms. The van der Waals surface area contributed by atoms with Crippen LogP contribution in [0.25, 0.3) is 0 Å². The molecule has 0 fully saturated rings. The Balaban J connectivity index is 1.58. The van der Waals surface area contributed by atoms with E-state index in [9.17, 15) is 9.18 Å². The Kier molecular flexibility index (Phi) is 5.05. The summed E-state index contributed by atoms with van der Waals surface area (Å²) in [5.74, 6) is 0.257. The molecular formula is C19H19ClFNO2. The molecule has 126 valence electrons. The van der Waals surface area contributed by atoms with Gasteiger partial charge in [-0.1, -0.05) is 29.8 Å². The number of hydrogen-bond donors (Lipinski definition) is 1. The molecule has 3 nitrogen and oxygen atoms in total. The number of hydrogen-bond acceptors (Lipinski definition) is 2. The lowest BCUT2D eigenvalue weighted by molar-refractivity contribution is -0.121. The summed E-state index contributed by atoms with van der Waals surface area (Å²) in [7, 11) is 0. The molecule has 1 atom stereocenters. The Morgan fingerprint density at radius 1 is 1.38 bits per heavy atom. The van der Waals surface area contributed by atoms with Crippen LogP contribution in [0.1, 0.15) is 23.6 Å².